The van der Waals surface area contributed by atoms with Gasteiger partial charge in [-0.3, -0.25) is 14.5 Å². The van der Waals surface area contributed by atoms with Crippen LogP contribution in [0.1, 0.15) is 12.0 Å². The Labute approximate surface area is 141 Å². The fourth-order valence-corrected chi connectivity index (χ4v) is 2.86. The van der Waals surface area contributed by atoms with Crippen molar-refractivity contribution in [1.29, 1.82) is 0 Å². The van der Waals surface area contributed by atoms with Crippen molar-refractivity contribution in [2.24, 2.45) is 0 Å². The Balaban J connectivity index is 1.79. The van der Waals surface area contributed by atoms with E-state index in [9.17, 15) is 14.7 Å². The molecule has 2 atom stereocenters. The third-order valence-corrected chi connectivity index (χ3v) is 4.14. The first kappa shape index (κ1) is 18.2. The predicted octanol–water partition coefficient (Wildman–Crippen LogP) is 0.352. The van der Waals surface area contributed by atoms with E-state index >= 15 is 0 Å². The Hall–Kier alpha value is -2.12. The van der Waals surface area contributed by atoms with E-state index < -0.39 is 12.1 Å². The molecule has 1 aromatic rings. The van der Waals surface area contributed by atoms with E-state index in [-0.39, 0.29) is 38.1 Å². The van der Waals surface area contributed by atoms with Crippen LogP contribution in [-0.4, -0.2) is 77.3 Å². The highest BCUT2D eigenvalue weighted by Gasteiger charge is 2.36. The molecular formula is C17H24N2O5. The number of carbonyl (C=O) groups excluding carboxylic acids is 1. The minimum atomic E-state index is -0.957. The topological polar surface area (TPSA) is 90.3 Å². The van der Waals surface area contributed by atoms with Gasteiger partial charge in [0.15, 0.2) is 0 Å². The lowest BCUT2D eigenvalue weighted by atomic mass is 10.2. The van der Waals surface area contributed by atoms with E-state index in [0.29, 0.717) is 6.54 Å². The van der Waals surface area contributed by atoms with Crippen molar-refractivity contribution in [2.75, 3.05) is 33.3 Å². The van der Waals surface area contributed by atoms with Gasteiger partial charge in [0, 0.05) is 13.1 Å². The summed E-state index contributed by atoms with van der Waals surface area (Å²) in [4.78, 5) is 26.1. The fraction of sp³-hybridized carbons (Fsp3) is 0.529. The number of likely N-dealkylation sites (N-methyl/N-ethyl adjacent to an activating group) is 1. The van der Waals surface area contributed by atoms with E-state index in [2.05, 4.69) is 0 Å². The van der Waals surface area contributed by atoms with Crippen molar-refractivity contribution in [3.05, 3.63) is 29.8 Å². The number of carboxylic acids is 1. The summed E-state index contributed by atoms with van der Waals surface area (Å²) in [5, 5.41) is 18.9. The maximum Gasteiger partial charge on any atom is 0.317 e. The Kier molecular flexibility index (Phi) is 6.16. The average molecular weight is 336 g/mol. The summed E-state index contributed by atoms with van der Waals surface area (Å²) < 4.78 is 5.57. The SMILES string of the molecule is Cc1cccc(OCCC(=O)N2C[C@@H](O)[C@@H](N(C)CC(=O)O)C2)c1. The molecule has 0 bridgehead atoms. The minimum absolute atomic E-state index is 0.104. The largest absolute Gasteiger partial charge is 0.493 e. The third kappa shape index (κ3) is 4.94. The molecule has 0 aromatic heterocycles. The summed E-state index contributed by atoms with van der Waals surface area (Å²) in [6, 6.07) is 7.25. The summed E-state index contributed by atoms with van der Waals surface area (Å²) in [5.74, 6) is -0.336. The van der Waals surface area contributed by atoms with E-state index in [4.69, 9.17) is 9.84 Å². The van der Waals surface area contributed by atoms with Crippen molar-refractivity contribution in [3.63, 3.8) is 0 Å². The number of amides is 1. The number of aliphatic hydroxyl groups is 1. The van der Waals surface area contributed by atoms with Gasteiger partial charge in [0.1, 0.15) is 5.75 Å². The van der Waals surface area contributed by atoms with Crippen molar-refractivity contribution in [1.82, 2.24) is 9.80 Å². The molecule has 1 aromatic carbocycles. The minimum Gasteiger partial charge on any atom is -0.493 e. The van der Waals surface area contributed by atoms with Crippen molar-refractivity contribution in [2.45, 2.75) is 25.5 Å². The molecule has 1 saturated heterocycles. The molecule has 1 aliphatic heterocycles. The van der Waals surface area contributed by atoms with Gasteiger partial charge >= 0.3 is 5.97 Å². The molecule has 132 valence electrons. The maximum atomic E-state index is 12.2. The molecule has 1 fully saturated rings. The van der Waals surface area contributed by atoms with Crippen LogP contribution in [0.15, 0.2) is 24.3 Å². The van der Waals surface area contributed by atoms with Gasteiger partial charge < -0.3 is 19.8 Å². The summed E-state index contributed by atoms with van der Waals surface area (Å²) in [6.45, 7) is 2.62. The predicted molar refractivity (Wildman–Crippen MR) is 87.9 cm³/mol. The fourth-order valence-electron chi connectivity index (χ4n) is 2.86. The number of β-amino-alcohol motifs (C(OH)–C–C–N with tert-alkyl or cyclic N) is 1. The summed E-state index contributed by atoms with van der Waals surface area (Å²) >= 11 is 0. The van der Waals surface area contributed by atoms with Gasteiger partial charge in [-0.15, -0.1) is 0 Å². The second-order valence-electron chi connectivity index (χ2n) is 6.16. The van der Waals surface area contributed by atoms with Gasteiger partial charge in [0.2, 0.25) is 5.91 Å². The van der Waals surface area contributed by atoms with Gasteiger partial charge in [-0.2, -0.15) is 0 Å². The molecule has 1 aliphatic rings. The normalized spacial score (nSPS) is 20.4. The number of aliphatic carboxylic acids is 1. The third-order valence-electron chi connectivity index (χ3n) is 4.14. The highest BCUT2D eigenvalue weighted by molar-refractivity contribution is 5.77. The molecule has 1 amide bonds. The first-order valence-corrected chi connectivity index (χ1v) is 7.94. The number of likely N-dealkylation sites (tertiary alicyclic amines) is 1. The van der Waals surface area contributed by atoms with Crippen molar-refractivity contribution in [3.8, 4) is 5.75 Å². The zero-order valence-corrected chi connectivity index (χ0v) is 14.0. The Morgan fingerprint density at radius 2 is 2.12 bits per heavy atom. The number of rotatable bonds is 7. The molecule has 2 N–H and O–H groups in total. The monoisotopic (exact) mass is 336 g/mol. The number of aliphatic hydroxyl groups excluding tert-OH is 1. The van der Waals surface area contributed by atoms with Gasteiger partial charge in [-0.1, -0.05) is 12.1 Å². The lowest BCUT2D eigenvalue weighted by Gasteiger charge is -2.24. The van der Waals surface area contributed by atoms with Crippen LogP contribution in [0.25, 0.3) is 0 Å². The molecule has 24 heavy (non-hydrogen) atoms. The Morgan fingerprint density at radius 1 is 1.38 bits per heavy atom. The average Bonchev–Trinajstić information content (AvgIpc) is 2.89. The van der Waals surface area contributed by atoms with Crippen molar-refractivity contribution >= 4 is 11.9 Å². The molecule has 7 nitrogen and oxygen atoms in total. The number of carbonyl (C=O) groups is 2. The first-order chi connectivity index (χ1) is 11.4. The maximum absolute atomic E-state index is 12.2. The molecule has 0 unspecified atom stereocenters. The molecule has 2 rings (SSSR count). The Morgan fingerprint density at radius 3 is 2.79 bits per heavy atom. The van der Waals surface area contributed by atoms with Gasteiger partial charge in [-0.05, 0) is 31.7 Å². The van der Waals surface area contributed by atoms with E-state index in [1.807, 2.05) is 31.2 Å². The Bertz CT molecular complexity index is 592. The van der Waals surface area contributed by atoms with Crippen LogP contribution < -0.4 is 4.74 Å². The number of aryl methyl sites for hydroxylation is 1. The molecule has 0 radical (unpaired) electrons. The number of hydrogen-bond donors (Lipinski definition) is 2. The van der Waals surface area contributed by atoms with Crippen LogP contribution in [0.5, 0.6) is 5.75 Å². The highest BCUT2D eigenvalue weighted by atomic mass is 16.5. The molecule has 7 heteroatoms. The summed E-state index contributed by atoms with van der Waals surface area (Å²) in [6.07, 6.45) is -0.522. The lowest BCUT2D eigenvalue weighted by molar-refractivity contribution is -0.138. The van der Waals surface area contributed by atoms with Crippen LogP contribution in [0.4, 0.5) is 0 Å². The number of ether oxygens (including phenoxy) is 1. The summed E-state index contributed by atoms with van der Waals surface area (Å²) in [7, 11) is 1.64. The molecule has 0 saturated carbocycles. The lowest BCUT2D eigenvalue weighted by Crippen LogP contribution is -2.43. The molecule has 0 aliphatic carbocycles. The smallest absolute Gasteiger partial charge is 0.317 e. The van der Waals surface area contributed by atoms with Crippen LogP contribution in [-0.2, 0) is 9.59 Å². The second-order valence-corrected chi connectivity index (χ2v) is 6.16. The van der Waals surface area contributed by atoms with Crippen LogP contribution >= 0.6 is 0 Å². The first-order valence-electron chi connectivity index (χ1n) is 7.94. The summed E-state index contributed by atoms with van der Waals surface area (Å²) in [5.41, 5.74) is 1.09. The standard InChI is InChI=1S/C17H24N2O5/c1-12-4-3-5-13(8-12)24-7-6-16(21)19-9-14(15(20)10-19)18(2)11-17(22)23/h3-5,8,14-15,20H,6-7,9-11H2,1-2H3,(H,22,23)/t14-,15+/m0/s1. The molecule has 1 heterocycles. The van der Waals surface area contributed by atoms with Crippen LogP contribution in [0.2, 0.25) is 0 Å². The van der Waals surface area contributed by atoms with Gasteiger partial charge in [-0.25, -0.2) is 0 Å². The van der Waals surface area contributed by atoms with Gasteiger partial charge in [0.05, 0.1) is 31.7 Å². The molecular weight excluding hydrogens is 312 g/mol. The van der Waals surface area contributed by atoms with E-state index in [1.165, 1.54) is 0 Å². The van der Waals surface area contributed by atoms with Crippen molar-refractivity contribution < 1.29 is 24.5 Å². The molecule has 0 spiro atoms. The van der Waals surface area contributed by atoms with Gasteiger partial charge in [0.25, 0.3) is 0 Å². The van der Waals surface area contributed by atoms with Crippen LogP contribution in [0.3, 0.4) is 0 Å². The van der Waals surface area contributed by atoms with E-state index in [0.717, 1.165) is 11.3 Å². The van der Waals surface area contributed by atoms with E-state index in [1.54, 1.807) is 16.8 Å². The number of benzene rings is 1. The second kappa shape index (κ2) is 8.12. The van der Waals surface area contributed by atoms with Crippen LogP contribution in [0, 0.1) is 6.92 Å². The number of carboxylic acid groups (broad SMARTS) is 1. The number of hydrogen-bond acceptors (Lipinski definition) is 5. The number of nitrogens with zero attached hydrogens (tertiary/aromatic N) is 2. The zero-order valence-electron chi connectivity index (χ0n) is 14.0. The highest BCUT2D eigenvalue weighted by Crippen LogP contribution is 2.17. The zero-order chi connectivity index (χ0) is 17.7. The quantitative estimate of drug-likeness (QED) is 0.747.